The van der Waals surface area contributed by atoms with Crippen molar-refractivity contribution in [2.45, 2.75) is 30.8 Å². The van der Waals surface area contributed by atoms with Gasteiger partial charge in [0.15, 0.2) is 9.84 Å². The van der Waals surface area contributed by atoms with E-state index in [0.29, 0.717) is 38.2 Å². The number of hydrogen-bond donors (Lipinski definition) is 1. The van der Waals surface area contributed by atoms with E-state index >= 15 is 0 Å². The van der Waals surface area contributed by atoms with Crippen LogP contribution in [0, 0.1) is 5.92 Å². The van der Waals surface area contributed by atoms with Crippen molar-refractivity contribution < 1.29 is 35.9 Å². The lowest BCUT2D eigenvalue weighted by molar-refractivity contribution is -0.148. The molecule has 0 atom stereocenters. The average molecular weight is 499 g/mol. The molecule has 2 aromatic carbocycles. The summed E-state index contributed by atoms with van der Waals surface area (Å²) in [4.78, 5) is 26.7. The number of carbonyl (C=O) groups is 2. The van der Waals surface area contributed by atoms with Gasteiger partial charge in [-0.05, 0) is 62.2 Å². The Balaban J connectivity index is 1.85. The molecule has 0 unspecified atom stereocenters. The van der Waals surface area contributed by atoms with Crippen molar-refractivity contribution in [3.05, 3.63) is 53.6 Å². The van der Waals surface area contributed by atoms with Crippen molar-refractivity contribution in [3.8, 4) is 0 Å². The number of anilines is 2. The molecule has 1 heterocycles. The van der Waals surface area contributed by atoms with E-state index in [1.54, 1.807) is 13.0 Å². The molecule has 0 saturated carbocycles. The Kier molecular flexibility index (Phi) is 7.54. The number of benzene rings is 2. The highest BCUT2D eigenvalue weighted by atomic mass is 32.2. The van der Waals surface area contributed by atoms with Crippen molar-refractivity contribution in [1.82, 2.24) is 0 Å². The zero-order valence-corrected chi connectivity index (χ0v) is 19.5. The van der Waals surface area contributed by atoms with Crippen LogP contribution in [-0.2, 0) is 25.5 Å². The normalized spacial score (nSPS) is 15.1. The molecule has 0 aromatic heterocycles. The van der Waals surface area contributed by atoms with Gasteiger partial charge in [0, 0.05) is 24.9 Å². The minimum Gasteiger partial charge on any atom is -0.466 e. The summed E-state index contributed by atoms with van der Waals surface area (Å²) in [6.07, 6.45) is -2.44. The van der Waals surface area contributed by atoms with Crippen LogP contribution in [0.15, 0.2) is 47.4 Å². The number of piperidine rings is 1. The van der Waals surface area contributed by atoms with Gasteiger partial charge in [0.2, 0.25) is 0 Å². The Morgan fingerprint density at radius 3 is 2.24 bits per heavy atom. The van der Waals surface area contributed by atoms with Crippen molar-refractivity contribution in [1.29, 1.82) is 0 Å². The Morgan fingerprint density at radius 1 is 1.09 bits per heavy atom. The fraction of sp³-hybridized carbons (Fsp3) is 0.391. The van der Waals surface area contributed by atoms with Crippen LogP contribution in [0.25, 0.3) is 0 Å². The molecule has 1 N–H and O–H groups in total. The fourth-order valence-corrected chi connectivity index (χ4v) is 4.39. The van der Waals surface area contributed by atoms with E-state index in [1.165, 1.54) is 12.1 Å². The number of halogens is 3. The molecule has 2 aromatic rings. The highest BCUT2D eigenvalue weighted by Crippen LogP contribution is 2.33. The van der Waals surface area contributed by atoms with Crippen LogP contribution in [0.5, 0.6) is 0 Å². The summed E-state index contributed by atoms with van der Waals surface area (Å²) in [5.74, 6) is -1.18. The van der Waals surface area contributed by atoms with Crippen molar-refractivity contribution >= 4 is 33.1 Å². The van der Waals surface area contributed by atoms with Gasteiger partial charge in [-0.1, -0.05) is 0 Å². The predicted octanol–water partition coefficient (Wildman–Crippen LogP) is 4.14. The van der Waals surface area contributed by atoms with Crippen LogP contribution in [0.1, 0.15) is 35.7 Å². The monoisotopic (exact) mass is 498 g/mol. The highest BCUT2D eigenvalue weighted by molar-refractivity contribution is 7.90. The van der Waals surface area contributed by atoms with Gasteiger partial charge in [-0.15, -0.1) is 0 Å². The second-order valence-corrected chi connectivity index (χ2v) is 10.0. The number of ether oxygens (including phenoxy) is 1. The van der Waals surface area contributed by atoms with Crippen LogP contribution < -0.4 is 10.2 Å². The number of nitrogens with zero attached hydrogens (tertiary/aromatic N) is 1. The first-order valence-electron chi connectivity index (χ1n) is 10.6. The lowest BCUT2D eigenvalue weighted by Crippen LogP contribution is -2.37. The fourth-order valence-electron chi connectivity index (χ4n) is 3.74. The first kappa shape index (κ1) is 25.5. The topological polar surface area (TPSA) is 92.8 Å². The Morgan fingerprint density at radius 2 is 1.71 bits per heavy atom. The van der Waals surface area contributed by atoms with Gasteiger partial charge in [-0.25, -0.2) is 8.42 Å². The van der Waals surface area contributed by atoms with Gasteiger partial charge >= 0.3 is 12.1 Å². The third-order valence-electron chi connectivity index (χ3n) is 5.57. The van der Waals surface area contributed by atoms with Crippen molar-refractivity contribution in [2.75, 3.05) is 36.2 Å². The summed E-state index contributed by atoms with van der Waals surface area (Å²) in [6.45, 7) is 2.99. The minimum absolute atomic E-state index is 0.00951. The van der Waals surface area contributed by atoms with E-state index in [4.69, 9.17) is 4.74 Å². The van der Waals surface area contributed by atoms with Gasteiger partial charge in [0.05, 0.1) is 34.4 Å². The summed E-state index contributed by atoms with van der Waals surface area (Å²) in [5.41, 5.74) is -0.129. The molecular formula is C23H25F3N2O5S. The zero-order valence-electron chi connectivity index (χ0n) is 18.7. The number of nitrogens with one attached hydrogen (secondary N) is 1. The first-order chi connectivity index (χ1) is 15.9. The minimum atomic E-state index is -4.53. The molecule has 0 radical (unpaired) electrons. The first-order valence-corrected chi connectivity index (χ1v) is 12.5. The number of sulfone groups is 1. The van der Waals surface area contributed by atoms with Crippen molar-refractivity contribution in [3.63, 3.8) is 0 Å². The van der Waals surface area contributed by atoms with Crippen molar-refractivity contribution in [2.24, 2.45) is 5.92 Å². The molecule has 34 heavy (non-hydrogen) atoms. The lowest BCUT2D eigenvalue weighted by atomic mass is 9.96. The smallest absolute Gasteiger partial charge is 0.416 e. The Labute approximate surface area is 195 Å². The summed E-state index contributed by atoms with van der Waals surface area (Å²) in [7, 11) is -3.58. The number of rotatable bonds is 6. The third-order valence-corrected chi connectivity index (χ3v) is 6.68. The standard InChI is InChI=1S/C23H25F3N2O5S/c1-3-33-22(30)16-10-12-28(13-11-16)20-9-8-18(34(2,31)32)14-19(20)27-21(29)15-4-6-17(7-5-15)23(24,25)26/h4-9,14,16H,3,10-13H2,1-2H3,(H,27,29). The van der Waals surface area contributed by atoms with Gasteiger partial charge in [-0.3, -0.25) is 9.59 Å². The number of amides is 1. The third kappa shape index (κ3) is 6.07. The molecule has 1 amide bonds. The summed E-state index contributed by atoms with van der Waals surface area (Å²) < 4.78 is 67.6. The molecular weight excluding hydrogens is 473 g/mol. The molecule has 1 fully saturated rings. The molecule has 1 aliphatic heterocycles. The summed E-state index contributed by atoms with van der Waals surface area (Å²) in [5, 5.41) is 2.63. The van der Waals surface area contributed by atoms with E-state index in [2.05, 4.69) is 5.32 Å². The number of carbonyl (C=O) groups excluding carboxylic acids is 2. The second kappa shape index (κ2) is 10.0. The van der Waals surface area contributed by atoms with Crippen LogP contribution in [0.3, 0.4) is 0 Å². The summed E-state index contributed by atoms with van der Waals surface area (Å²) >= 11 is 0. The molecule has 1 saturated heterocycles. The SMILES string of the molecule is CCOC(=O)C1CCN(c2ccc(S(C)(=O)=O)cc2NC(=O)c2ccc(C(F)(F)F)cc2)CC1. The second-order valence-electron chi connectivity index (χ2n) is 7.99. The summed E-state index contributed by atoms with van der Waals surface area (Å²) in [6, 6.07) is 8.06. The molecule has 184 valence electrons. The Bertz CT molecular complexity index is 1160. The van der Waals surface area contributed by atoms with Gasteiger partial charge in [0.1, 0.15) is 0 Å². The van der Waals surface area contributed by atoms with E-state index in [9.17, 15) is 31.2 Å². The van der Waals surface area contributed by atoms with Gasteiger partial charge in [0.25, 0.3) is 5.91 Å². The van der Waals surface area contributed by atoms with E-state index < -0.39 is 27.5 Å². The van der Waals surface area contributed by atoms with E-state index in [-0.39, 0.29) is 28.0 Å². The maximum Gasteiger partial charge on any atom is 0.416 e. The van der Waals surface area contributed by atoms with E-state index in [0.717, 1.165) is 30.5 Å². The predicted molar refractivity (Wildman–Crippen MR) is 121 cm³/mol. The average Bonchev–Trinajstić information content (AvgIpc) is 2.78. The molecule has 7 nitrogen and oxygen atoms in total. The van der Waals surface area contributed by atoms with Crippen LogP contribution >= 0.6 is 0 Å². The molecule has 0 bridgehead atoms. The Hall–Kier alpha value is -3.08. The molecule has 0 aliphatic carbocycles. The maximum absolute atomic E-state index is 12.8. The van der Waals surface area contributed by atoms with Gasteiger partial charge in [-0.2, -0.15) is 13.2 Å². The number of esters is 1. The number of alkyl halides is 3. The molecule has 3 rings (SSSR count). The maximum atomic E-state index is 12.8. The van der Waals surface area contributed by atoms with E-state index in [1.807, 2.05) is 4.90 Å². The molecule has 0 spiro atoms. The quantitative estimate of drug-likeness (QED) is 0.602. The highest BCUT2D eigenvalue weighted by Gasteiger charge is 2.31. The zero-order chi connectivity index (χ0) is 25.1. The van der Waals surface area contributed by atoms with Crippen LogP contribution in [0.4, 0.5) is 24.5 Å². The molecule has 11 heteroatoms. The lowest BCUT2D eigenvalue weighted by Gasteiger charge is -2.34. The number of hydrogen-bond acceptors (Lipinski definition) is 6. The molecule has 1 aliphatic rings. The van der Waals surface area contributed by atoms with Crippen LogP contribution in [0.2, 0.25) is 0 Å². The van der Waals surface area contributed by atoms with Gasteiger partial charge < -0.3 is 15.0 Å². The largest absolute Gasteiger partial charge is 0.466 e. The van der Waals surface area contributed by atoms with Crippen LogP contribution in [-0.4, -0.2) is 46.2 Å².